The zero-order chi connectivity index (χ0) is 16.3. The average molecular weight is 317 g/mol. The first-order valence-electron chi connectivity index (χ1n) is 7.52. The Balaban J connectivity index is 2.52. The SMILES string of the molecule is CCC(C)c1cc(C(=O)c2cccs2)cc(CN(C)C)c1O. The summed E-state index contributed by atoms with van der Waals surface area (Å²) in [6.45, 7) is 4.78. The predicted octanol–water partition coefficient (Wildman–Crippen LogP) is 4.26. The molecule has 1 N–H and O–H groups in total. The Morgan fingerprint density at radius 1 is 1.36 bits per heavy atom. The first kappa shape index (κ1) is 16.7. The van der Waals surface area contributed by atoms with E-state index in [0.717, 1.165) is 22.4 Å². The highest BCUT2D eigenvalue weighted by Crippen LogP contribution is 2.34. The van der Waals surface area contributed by atoms with E-state index in [0.29, 0.717) is 17.9 Å². The summed E-state index contributed by atoms with van der Waals surface area (Å²) < 4.78 is 0. The minimum atomic E-state index is 0.0274. The molecule has 3 nitrogen and oxygen atoms in total. The highest BCUT2D eigenvalue weighted by atomic mass is 32.1. The Bertz CT molecular complexity index is 647. The van der Waals surface area contributed by atoms with Crippen LogP contribution in [0, 0.1) is 0 Å². The van der Waals surface area contributed by atoms with Crippen LogP contribution in [0.2, 0.25) is 0 Å². The van der Waals surface area contributed by atoms with Gasteiger partial charge < -0.3 is 10.0 Å². The largest absolute Gasteiger partial charge is 0.507 e. The van der Waals surface area contributed by atoms with Crippen LogP contribution in [-0.4, -0.2) is 29.9 Å². The molecule has 118 valence electrons. The summed E-state index contributed by atoms with van der Waals surface area (Å²) in [6, 6.07) is 7.40. The van der Waals surface area contributed by atoms with E-state index in [-0.39, 0.29) is 11.7 Å². The molecule has 0 fully saturated rings. The molecular formula is C18H23NO2S. The smallest absolute Gasteiger partial charge is 0.202 e. The van der Waals surface area contributed by atoms with Crippen molar-refractivity contribution in [1.82, 2.24) is 4.90 Å². The Labute approximate surface area is 136 Å². The van der Waals surface area contributed by atoms with Crippen LogP contribution < -0.4 is 0 Å². The van der Waals surface area contributed by atoms with Crippen LogP contribution in [0.5, 0.6) is 5.75 Å². The van der Waals surface area contributed by atoms with Crippen molar-refractivity contribution in [3.8, 4) is 5.75 Å². The van der Waals surface area contributed by atoms with Gasteiger partial charge in [-0.2, -0.15) is 0 Å². The van der Waals surface area contributed by atoms with Crippen molar-refractivity contribution in [2.45, 2.75) is 32.7 Å². The van der Waals surface area contributed by atoms with E-state index in [2.05, 4.69) is 13.8 Å². The molecule has 1 aromatic heterocycles. The van der Waals surface area contributed by atoms with Crippen LogP contribution in [0.1, 0.15) is 52.5 Å². The molecule has 4 heteroatoms. The molecule has 2 rings (SSSR count). The normalized spacial score (nSPS) is 12.6. The van der Waals surface area contributed by atoms with Crippen molar-refractivity contribution >= 4 is 17.1 Å². The first-order valence-corrected chi connectivity index (χ1v) is 8.40. The molecule has 1 aromatic carbocycles. The Hall–Kier alpha value is -1.65. The fourth-order valence-corrected chi connectivity index (χ4v) is 3.14. The van der Waals surface area contributed by atoms with Gasteiger partial charge in [0, 0.05) is 17.7 Å². The van der Waals surface area contributed by atoms with Gasteiger partial charge in [0.25, 0.3) is 0 Å². The van der Waals surface area contributed by atoms with Crippen molar-refractivity contribution in [1.29, 1.82) is 0 Å². The van der Waals surface area contributed by atoms with Crippen LogP contribution in [0.3, 0.4) is 0 Å². The number of carbonyl (C=O) groups excluding carboxylic acids is 1. The van der Waals surface area contributed by atoms with Gasteiger partial charge in [0.05, 0.1) is 4.88 Å². The molecule has 0 amide bonds. The molecule has 22 heavy (non-hydrogen) atoms. The molecule has 0 saturated carbocycles. The third kappa shape index (κ3) is 3.57. The van der Waals surface area contributed by atoms with E-state index in [1.165, 1.54) is 11.3 Å². The minimum absolute atomic E-state index is 0.0274. The number of ketones is 1. The van der Waals surface area contributed by atoms with Gasteiger partial charge in [-0.3, -0.25) is 4.79 Å². The number of rotatable bonds is 6. The summed E-state index contributed by atoms with van der Waals surface area (Å²) in [5.74, 6) is 0.572. The van der Waals surface area contributed by atoms with Gasteiger partial charge in [0.1, 0.15) is 5.75 Å². The van der Waals surface area contributed by atoms with Gasteiger partial charge in [-0.15, -0.1) is 11.3 Å². The fraction of sp³-hybridized carbons (Fsp3) is 0.389. The number of benzene rings is 1. The number of carbonyl (C=O) groups is 1. The molecule has 0 saturated heterocycles. The van der Waals surface area contributed by atoms with E-state index < -0.39 is 0 Å². The Kier molecular flexibility index (Phi) is 5.37. The second-order valence-electron chi connectivity index (χ2n) is 5.93. The maximum absolute atomic E-state index is 12.6. The van der Waals surface area contributed by atoms with Crippen LogP contribution in [0.15, 0.2) is 29.6 Å². The zero-order valence-electron chi connectivity index (χ0n) is 13.6. The minimum Gasteiger partial charge on any atom is -0.507 e. The highest BCUT2D eigenvalue weighted by molar-refractivity contribution is 7.12. The molecule has 2 aromatic rings. The molecule has 0 spiro atoms. The number of hydrogen-bond donors (Lipinski definition) is 1. The maximum Gasteiger partial charge on any atom is 0.202 e. The van der Waals surface area contributed by atoms with Crippen molar-refractivity contribution in [2.75, 3.05) is 14.1 Å². The standard InChI is InChI=1S/C18H23NO2S/c1-5-12(2)15-10-13(18(21)16-7-6-8-22-16)9-14(17(15)20)11-19(3)4/h6-10,12,20H,5,11H2,1-4H3. The first-order chi connectivity index (χ1) is 10.4. The summed E-state index contributed by atoms with van der Waals surface area (Å²) in [7, 11) is 3.91. The van der Waals surface area contributed by atoms with Crippen molar-refractivity contribution < 1.29 is 9.90 Å². The summed E-state index contributed by atoms with van der Waals surface area (Å²) in [5, 5.41) is 12.4. The van der Waals surface area contributed by atoms with Gasteiger partial charge in [0.2, 0.25) is 5.78 Å². The van der Waals surface area contributed by atoms with Crippen molar-refractivity contribution in [2.24, 2.45) is 0 Å². The fourth-order valence-electron chi connectivity index (χ4n) is 2.46. The second-order valence-corrected chi connectivity index (χ2v) is 6.87. The number of hydrogen-bond acceptors (Lipinski definition) is 4. The highest BCUT2D eigenvalue weighted by Gasteiger charge is 2.19. The summed E-state index contributed by atoms with van der Waals surface area (Å²) >= 11 is 1.45. The lowest BCUT2D eigenvalue weighted by molar-refractivity contribution is 0.104. The molecule has 1 atom stereocenters. The second kappa shape index (κ2) is 7.07. The Morgan fingerprint density at radius 2 is 2.09 bits per heavy atom. The van der Waals surface area contributed by atoms with E-state index in [9.17, 15) is 9.90 Å². The third-order valence-electron chi connectivity index (χ3n) is 3.86. The summed E-state index contributed by atoms with van der Waals surface area (Å²) in [6.07, 6.45) is 0.922. The van der Waals surface area contributed by atoms with Crippen molar-refractivity contribution in [3.05, 3.63) is 51.2 Å². The molecule has 0 aliphatic carbocycles. The molecule has 1 heterocycles. The van der Waals surface area contributed by atoms with Crippen molar-refractivity contribution in [3.63, 3.8) is 0 Å². The topological polar surface area (TPSA) is 40.5 Å². The van der Waals surface area contributed by atoms with Gasteiger partial charge in [-0.05, 0) is 55.6 Å². The lowest BCUT2D eigenvalue weighted by Gasteiger charge is -2.18. The van der Waals surface area contributed by atoms with E-state index in [1.54, 1.807) is 0 Å². The van der Waals surface area contributed by atoms with E-state index >= 15 is 0 Å². The predicted molar refractivity (Wildman–Crippen MR) is 92.0 cm³/mol. The monoisotopic (exact) mass is 317 g/mol. The lowest BCUT2D eigenvalue weighted by Crippen LogP contribution is -2.13. The van der Waals surface area contributed by atoms with Gasteiger partial charge >= 0.3 is 0 Å². The Morgan fingerprint density at radius 3 is 2.64 bits per heavy atom. The van der Waals surface area contributed by atoms with Crippen LogP contribution >= 0.6 is 11.3 Å². The van der Waals surface area contributed by atoms with E-state index in [1.807, 2.05) is 48.6 Å². The number of nitrogens with zero attached hydrogens (tertiary/aromatic N) is 1. The molecule has 1 unspecified atom stereocenters. The van der Waals surface area contributed by atoms with Gasteiger partial charge in [-0.25, -0.2) is 0 Å². The maximum atomic E-state index is 12.6. The van der Waals surface area contributed by atoms with Crippen LogP contribution in [0.4, 0.5) is 0 Å². The third-order valence-corrected chi connectivity index (χ3v) is 4.72. The number of aromatic hydroxyl groups is 1. The summed E-state index contributed by atoms with van der Waals surface area (Å²) in [5.41, 5.74) is 2.33. The van der Waals surface area contributed by atoms with E-state index in [4.69, 9.17) is 0 Å². The lowest BCUT2D eigenvalue weighted by atomic mass is 9.91. The van der Waals surface area contributed by atoms with Crippen LogP contribution in [0.25, 0.3) is 0 Å². The zero-order valence-corrected chi connectivity index (χ0v) is 14.4. The quantitative estimate of drug-likeness (QED) is 0.809. The van der Waals surface area contributed by atoms with Crippen LogP contribution in [-0.2, 0) is 6.54 Å². The number of phenols is 1. The molecule has 0 aliphatic rings. The number of phenolic OH excluding ortho intramolecular Hbond substituents is 1. The number of thiophene rings is 1. The van der Waals surface area contributed by atoms with Gasteiger partial charge in [-0.1, -0.05) is 19.9 Å². The molecule has 0 radical (unpaired) electrons. The molecule has 0 aliphatic heterocycles. The average Bonchev–Trinajstić information content (AvgIpc) is 3.01. The molecular weight excluding hydrogens is 294 g/mol. The summed E-state index contributed by atoms with van der Waals surface area (Å²) in [4.78, 5) is 15.4. The van der Waals surface area contributed by atoms with Gasteiger partial charge in [0.15, 0.2) is 0 Å². The molecule has 0 bridgehead atoms.